The average molecular weight is 482 g/mol. The van der Waals surface area contributed by atoms with Crippen LogP contribution in [0.2, 0.25) is 0 Å². The zero-order valence-corrected chi connectivity index (χ0v) is 19.7. The first kappa shape index (κ1) is 22.9. The third kappa shape index (κ3) is 4.95. The van der Waals surface area contributed by atoms with Crippen LogP contribution in [0, 0.1) is 11.8 Å². The minimum Gasteiger partial charge on any atom is -0.489 e. The Balaban J connectivity index is 1.27. The Kier molecular flexibility index (Phi) is 6.19. The van der Waals surface area contributed by atoms with Crippen LogP contribution in [0.15, 0.2) is 60.9 Å². The molecular weight excluding hydrogens is 458 g/mol. The maximum Gasteiger partial charge on any atom is 0.291 e. The number of H-pyrrole nitrogens is 1. The SMILES string of the molecule is CN1C(=O)[C@@H](NC(=O)c2n[nH]c(Cc3ccccc3)n2)COc2ccc(C#Cc3cnn(C)c3)cc21. The van der Waals surface area contributed by atoms with Crippen molar-refractivity contribution in [2.24, 2.45) is 7.05 Å². The van der Waals surface area contributed by atoms with Crippen molar-refractivity contribution < 1.29 is 14.3 Å². The molecule has 36 heavy (non-hydrogen) atoms. The first-order valence-electron chi connectivity index (χ1n) is 11.3. The van der Waals surface area contributed by atoms with E-state index in [4.69, 9.17) is 4.74 Å². The van der Waals surface area contributed by atoms with Gasteiger partial charge in [0.15, 0.2) is 0 Å². The number of nitrogens with one attached hydrogen (secondary N) is 2. The minimum atomic E-state index is -0.907. The van der Waals surface area contributed by atoms with E-state index >= 15 is 0 Å². The van der Waals surface area contributed by atoms with Gasteiger partial charge in [0.2, 0.25) is 5.82 Å². The van der Waals surface area contributed by atoms with Gasteiger partial charge in [0.25, 0.3) is 11.8 Å². The summed E-state index contributed by atoms with van der Waals surface area (Å²) in [7, 11) is 3.46. The van der Waals surface area contributed by atoms with E-state index in [0.717, 1.165) is 16.7 Å². The lowest BCUT2D eigenvalue weighted by atomic mass is 10.1. The van der Waals surface area contributed by atoms with E-state index in [0.29, 0.717) is 23.7 Å². The number of aryl methyl sites for hydroxylation is 1. The van der Waals surface area contributed by atoms with E-state index in [1.54, 1.807) is 30.1 Å². The second-order valence-corrected chi connectivity index (χ2v) is 8.34. The van der Waals surface area contributed by atoms with E-state index in [2.05, 4.69) is 37.4 Å². The van der Waals surface area contributed by atoms with Crippen molar-refractivity contribution in [2.45, 2.75) is 12.5 Å². The van der Waals surface area contributed by atoms with Crippen LogP contribution in [0.25, 0.3) is 0 Å². The van der Waals surface area contributed by atoms with Gasteiger partial charge < -0.3 is 15.0 Å². The molecule has 0 aliphatic carbocycles. The predicted octanol–water partition coefficient (Wildman–Crippen LogP) is 1.68. The normalized spacial score (nSPS) is 14.8. The molecule has 1 aliphatic heterocycles. The first-order chi connectivity index (χ1) is 17.5. The second kappa shape index (κ2) is 9.76. The zero-order valence-electron chi connectivity index (χ0n) is 19.7. The van der Waals surface area contributed by atoms with E-state index in [-0.39, 0.29) is 18.3 Å². The molecule has 0 bridgehead atoms. The van der Waals surface area contributed by atoms with Gasteiger partial charge in [-0.3, -0.25) is 19.4 Å². The number of fused-ring (bicyclic) bond motifs is 1. The highest BCUT2D eigenvalue weighted by molar-refractivity contribution is 6.02. The van der Waals surface area contributed by atoms with Crippen molar-refractivity contribution >= 4 is 17.5 Å². The Morgan fingerprint density at radius 1 is 1.17 bits per heavy atom. The molecule has 10 heteroatoms. The van der Waals surface area contributed by atoms with Gasteiger partial charge in [-0.25, -0.2) is 4.98 Å². The van der Waals surface area contributed by atoms with E-state index in [1.165, 1.54) is 4.90 Å². The number of benzene rings is 2. The smallest absolute Gasteiger partial charge is 0.291 e. The molecule has 0 saturated carbocycles. The molecule has 0 fully saturated rings. The van der Waals surface area contributed by atoms with Gasteiger partial charge in [-0.2, -0.15) is 5.10 Å². The number of aromatic amines is 1. The number of anilines is 1. The Morgan fingerprint density at radius 2 is 1.97 bits per heavy atom. The summed E-state index contributed by atoms with van der Waals surface area (Å²) in [5.41, 5.74) is 3.11. The molecule has 2 aromatic heterocycles. The van der Waals surface area contributed by atoms with Gasteiger partial charge in [-0.15, -0.1) is 5.10 Å². The highest BCUT2D eigenvalue weighted by atomic mass is 16.5. The standard InChI is InChI=1S/C26H23N7O3/c1-32-15-19(14-27-32)9-8-18-10-11-22-21(12-18)33(2)26(35)20(16-36-22)28-25(34)24-29-23(30-31-24)13-17-6-4-3-5-7-17/h3-7,10-12,14-15,20H,13,16H2,1-2H3,(H,28,34)(H,29,30,31)/t20-/m0/s1. The summed E-state index contributed by atoms with van der Waals surface area (Å²) in [5.74, 6) is 6.29. The molecule has 0 unspecified atom stereocenters. The number of nitrogens with zero attached hydrogens (tertiary/aromatic N) is 5. The summed E-state index contributed by atoms with van der Waals surface area (Å²) in [6.07, 6.45) is 4.01. The zero-order chi connectivity index (χ0) is 25.1. The van der Waals surface area contributed by atoms with Crippen LogP contribution in [-0.2, 0) is 18.3 Å². The van der Waals surface area contributed by atoms with Gasteiger partial charge in [0.05, 0.1) is 17.4 Å². The maximum atomic E-state index is 13.2. The molecule has 1 aliphatic rings. The number of hydrogen-bond acceptors (Lipinski definition) is 6. The van der Waals surface area contributed by atoms with Crippen LogP contribution >= 0.6 is 0 Å². The second-order valence-electron chi connectivity index (χ2n) is 8.34. The van der Waals surface area contributed by atoms with Gasteiger partial charge in [-0.05, 0) is 23.8 Å². The Bertz CT molecular complexity index is 1480. The van der Waals surface area contributed by atoms with Gasteiger partial charge in [-0.1, -0.05) is 42.2 Å². The summed E-state index contributed by atoms with van der Waals surface area (Å²) < 4.78 is 7.54. The molecule has 0 radical (unpaired) electrons. The van der Waals surface area contributed by atoms with Crippen molar-refractivity contribution in [3.63, 3.8) is 0 Å². The molecule has 10 nitrogen and oxygen atoms in total. The fourth-order valence-corrected chi connectivity index (χ4v) is 3.80. The summed E-state index contributed by atoms with van der Waals surface area (Å²) in [5, 5.41) is 13.6. The van der Waals surface area contributed by atoms with Gasteiger partial charge >= 0.3 is 0 Å². The molecule has 0 spiro atoms. The molecule has 4 aromatic rings. The van der Waals surface area contributed by atoms with E-state index in [1.807, 2.05) is 49.6 Å². The van der Waals surface area contributed by atoms with Crippen molar-refractivity contribution in [2.75, 3.05) is 18.6 Å². The number of likely N-dealkylation sites (N-methyl/N-ethyl adjacent to an activating group) is 1. The highest BCUT2D eigenvalue weighted by Gasteiger charge is 2.31. The van der Waals surface area contributed by atoms with Crippen LogP contribution in [0.5, 0.6) is 5.75 Å². The number of amides is 2. The lowest BCUT2D eigenvalue weighted by molar-refractivity contribution is -0.120. The van der Waals surface area contributed by atoms with E-state index < -0.39 is 11.9 Å². The average Bonchev–Trinajstić information content (AvgIpc) is 3.51. The topological polar surface area (TPSA) is 118 Å². The summed E-state index contributed by atoms with van der Waals surface area (Å²) in [6, 6.07) is 14.2. The largest absolute Gasteiger partial charge is 0.489 e. The molecule has 180 valence electrons. The van der Waals surface area contributed by atoms with Crippen molar-refractivity contribution in [3.05, 3.63) is 89.3 Å². The third-order valence-corrected chi connectivity index (χ3v) is 5.67. The van der Waals surface area contributed by atoms with Crippen molar-refractivity contribution in [3.8, 4) is 17.6 Å². The number of hydrogen-bond donors (Lipinski definition) is 2. The quantitative estimate of drug-likeness (QED) is 0.428. The monoisotopic (exact) mass is 481 g/mol. The molecule has 2 aromatic carbocycles. The Hall–Kier alpha value is -4.91. The summed E-state index contributed by atoms with van der Waals surface area (Å²) in [6.45, 7) is -0.0239. The molecule has 1 atom stereocenters. The fourth-order valence-electron chi connectivity index (χ4n) is 3.80. The van der Waals surface area contributed by atoms with Crippen molar-refractivity contribution in [1.29, 1.82) is 0 Å². The van der Waals surface area contributed by atoms with Gasteiger partial charge in [0.1, 0.15) is 24.2 Å². The Labute approximate surface area is 207 Å². The molecule has 0 saturated heterocycles. The van der Waals surface area contributed by atoms with Crippen LogP contribution in [0.4, 0.5) is 5.69 Å². The lowest BCUT2D eigenvalue weighted by Gasteiger charge is -2.20. The minimum absolute atomic E-state index is 0.0239. The molecule has 2 amide bonds. The van der Waals surface area contributed by atoms with Crippen LogP contribution in [0.1, 0.15) is 33.1 Å². The van der Waals surface area contributed by atoms with E-state index in [9.17, 15) is 9.59 Å². The molecular formula is C26H23N7O3. The number of aromatic nitrogens is 5. The summed E-state index contributed by atoms with van der Waals surface area (Å²) in [4.78, 5) is 31.7. The number of carbonyl (C=O) groups excluding carboxylic acids is 2. The number of rotatable bonds is 4. The molecule has 3 heterocycles. The van der Waals surface area contributed by atoms with Crippen LogP contribution in [0.3, 0.4) is 0 Å². The highest BCUT2D eigenvalue weighted by Crippen LogP contribution is 2.31. The van der Waals surface area contributed by atoms with Crippen LogP contribution < -0.4 is 15.0 Å². The molecule has 2 N–H and O–H groups in total. The number of carbonyl (C=O) groups is 2. The lowest BCUT2D eigenvalue weighted by Crippen LogP contribution is -2.49. The number of ether oxygens (including phenoxy) is 1. The molecule has 5 rings (SSSR count). The fraction of sp³-hybridized carbons (Fsp3) is 0.192. The van der Waals surface area contributed by atoms with Crippen molar-refractivity contribution in [1.82, 2.24) is 30.3 Å². The third-order valence-electron chi connectivity index (χ3n) is 5.67. The Morgan fingerprint density at radius 3 is 2.75 bits per heavy atom. The maximum absolute atomic E-state index is 13.2. The predicted molar refractivity (Wildman–Crippen MR) is 131 cm³/mol. The summed E-state index contributed by atoms with van der Waals surface area (Å²) >= 11 is 0. The van der Waals surface area contributed by atoms with Crippen LogP contribution in [-0.4, -0.2) is 56.5 Å². The first-order valence-corrected chi connectivity index (χ1v) is 11.3. The van der Waals surface area contributed by atoms with Gasteiger partial charge in [0, 0.05) is 32.3 Å².